The second-order valence-corrected chi connectivity index (χ2v) is 9.11. The Hall–Kier alpha value is -0.460. The molecule has 184 valence electrons. The standard InChI is InChI=1S/C26H50O5/c1-2-3-4-5-6-7-8-9-10-11-12-13-14-15-16-17-18-19-20-30-24(21-27)26-25(29)23(28)22-31-26/h2-3,23-29H,4-22H2,1H3/b3-2+/t23-,24+,25+,26+/m1/s1. The van der Waals surface area contributed by atoms with Gasteiger partial charge in [0.25, 0.3) is 0 Å². The first-order valence-electron chi connectivity index (χ1n) is 13.0. The number of ether oxygens (including phenoxy) is 2. The molecule has 0 unspecified atom stereocenters. The van der Waals surface area contributed by atoms with Crippen LogP contribution in [-0.4, -0.2) is 59.6 Å². The molecular formula is C26H50O5. The van der Waals surface area contributed by atoms with Crippen LogP contribution in [0.15, 0.2) is 12.2 Å². The summed E-state index contributed by atoms with van der Waals surface area (Å²) in [5.74, 6) is 0. The molecule has 0 aromatic heterocycles. The number of aliphatic hydroxyl groups excluding tert-OH is 3. The molecule has 0 radical (unpaired) electrons. The Kier molecular flexibility index (Phi) is 18.6. The van der Waals surface area contributed by atoms with Gasteiger partial charge < -0.3 is 24.8 Å². The number of allylic oxidation sites excluding steroid dienone is 2. The predicted molar refractivity (Wildman–Crippen MR) is 127 cm³/mol. The molecule has 1 heterocycles. The van der Waals surface area contributed by atoms with Gasteiger partial charge in [-0.1, -0.05) is 95.6 Å². The second kappa shape index (κ2) is 20.2. The summed E-state index contributed by atoms with van der Waals surface area (Å²) in [7, 11) is 0. The smallest absolute Gasteiger partial charge is 0.114 e. The maximum atomic E-state index is 9.85. The van der Waals surface area contributed by atoms with Gasteiger partial charge in [0.2, 0.25) is 0 Å². The average Bonchev–Trinajstić information content (AvgIpc) is 3.11. The maximum Gasteiger partial charge on any atom is 0.114 e. The molecule has 0 saturated carbocycles. The van der Waals surface area contributed by atoms with E-state index in [1.54, 1.807) is 0 Å². The molecule has 1 aliphatic rings. The number of aliphatic hydroxyl groups is 3. The van der Waals surface area contributed by atoms with Crippen molar-refractivity contribution in [1.29, 1.82) is 0 Å². The van der Waals surface area contributed by atoms with E-state index in [1.165, 1.54) is 89.9 Å². The van der Waals surface area contributed by atoms with E-state index >= 15 is 0 Å². The lowest BCUT2D eigenvalue weighted by atomic mass is 10.0. The van der Waals surface area contributed by atoms with Gasteiger partial charge in [-0.3, -0.25) is 0 Å². The van der Waals surface area contributed by atoms with Crippen molar-refractivity contribution in [2.45, 2.75) is 134 Å². The third-order valence-corrected chi connectivity index (χ3v) is 6.32. The zero-order chi connectivity index (χ0) is 22.6. The van der Waals surface area contributed by atoms with E-state index < -0.39 is 24.4 Å². The van der Waals surface area contributed by atoms with E-state index in [1.807, 2.05) is 0 Å². The zero-order valence-corrected chi connectivity index (χ0v) is 20.1. The molecule has 0 spiro atoms. The Morgan fingerprint density at radius 1 is 0.806 bits per heavy atom. The number of rotatable bonds is 21. The minimum atomic E-state index is -0.977. The molecule has 0 aromatic carbocycles. The van der Waals surface area contributed by atoms with Crippen LogP contribution in [0.4, 0.5) is 0 Å². The van der Waals surface area contributed by atoms with Gasteiger partial charge in [-0.05, 0) is 26.2 Å². The van der Waals surface area contributed by atoms with Crippen LogP contribution in [0.25, 0.3) is 0 Å². The summed E-state index contributed by atoms with van der Waals surface area (Å²) in [4.78, 5) is 0. The van der Waals surface area contributed by atoms with Crippen LogP contribution in [0, 0.1) is 0 Å². The molecule has 0 bridgehead atoms. The number of hydrogen-bond acceptors (Lipinski definition) is 5. The SMILES string of the molecule is C/C=C/CCCCCCCCCCCCCCCCCO[C@@H](CO)[C@@H]1OC[C@@H](O)[C@@H]1O. The Bertz CT molecular complexity index is 415. The largest absolute Gasteiger partial charge is 0.394 e. The van der Waals surface area contributed by atoms with Crippen LogP contribution in [0.3, 0.4) is 0 Å². The molecule has 1 fully saturated rings. The monoisotopic (exact) mass is 442 g/mol. The second-order valence-electron chi connectivity index (χ2n) is 9.11. The van der Waals surface area contributed by atoms with Crippen molar-refractivity contribution in [3.63, 3.8) is 0 Å². The lowest BCUT2D eigenvalue weighted by molar-refractivity contribution is -0.101. The molecule has 5 nitrogen and oxygen atoms in total. The quantitative estimate of drug-likeness (QED) is 0.166. The molecule has 31 heavy (non-hydrogen) atoms. The van der Waals surface area contributed by atoms with Crippen molar-refractivity contribution in [3.8, 4) is 0 Å². The summed E-state index contributed by atoms with van der Waals surface area (Å²) in [5, 5.41) is 28.8. The van der Waals surface area contributed by atoms with Crippen molar-refractivity contribution in [2.75, 3.05) is 19.8 Å². The normalized spacial score (nSPS) is 22.5. The van der Waals surface area contributed by atoms with Gasteiger partial charge in [0.05, 0.1) is 13.2 Å². The first kappa shape index (κ1) is 28.6. The molecule has 5 heteroatoms. The van der Waals surface area contributed by atoms with Crippen molar-refractivity contribution in [1.82, 2.24) is 0 Å². The maximum absolute atomic E-state index is 9.85. The van der Waals surface area contributed by atoms with Gasteiger partial charge in [-0.25, -0.2) is 0 Å². The number of unbranched alkanes of at least 4 members (excludes halogenated alkanes) is 15. The van der Waals surface area contributed by atoms with E-state index in [0.717, 1.165) is 12.8 Å². The van der Waals surface area contributed by atoms with Gasteiger partial charge >= 0.3 is 0 Å². The molecule has 0 aliphatic carbocycles. The Morgan fingerprint density at radius 2 is 1.29 bits per heavy atom. The van der Waals surface area contributed by atoms with Crippen molar-refractivity contribution in [2.24, 2.45) is 0 Å². The first-order chi connectivity index (χ1) is 15.2. The lowest BCUT2D eigenvalue weighted by Crippen LogP contribution is -2.42. The summed E-state index contributed by atoms with van der Waals surface area (Å²) in [6.45, 7) is 2.56. The van der Waals surface area contributed by atoms with Crippen molar-refractivity contribution >= 4 is 0 Å². The number of hydrogen-bond donors (Lipinski definition) is 3. The minimum absolute atomic E-state index is 0.100. The fraction of sp³-hybridized carbons (Fsp3) is 0.923. The van der Waals surface area contributed by atoms with Crippen LogP contribution in [-0.2, 0) is 9.47 Å². The summed E-state index contributed by atoms with van der Waals surface area (Å²) >= 11 is 0. The highest BCUT2D eigenvalue weighted by molar-refractivity contribution is 4.88. The molecule has 3 N–H and O–H groups in total. The van der Waals surface area contributed by atoms with Gasteiger partial charge in [0.1, 0.15) is 24.4 Å². The predicted octanol–water partition coefficient (Wildman–Crippen LogP) is 5.30. The summed E-state index contributed by atoms with van der Waals surface area (Å²) in [5.41, 5.74) is 0. The molecule has 0 aromatic rings. The minimum Gasteiger partial charge on any atom is -0.394 e. The van der Waals surface area contributed by atoms with Crippen LogP contribution < -0.4 is 0 Å². The molecule has 1 rings (SSSR count). The van der Waals surface area contributed by atoms with E-state index in [2.05, 4.69) is 19.1 Å². The topological polar surface area (TPSA) is 79.2 Å². The Morgan fingerprint density at radius 3 is 1.71 bits per heavy atom. The molecule has 0 amide bonds. The fourth-order valence-electron chi connectivity index (χ4n) is 4.27. The highest BCUT2D eigenvalue weighted by Gasteiger charge is 2.40. The summed E-state index contributed by atoms with van der Waals surface area (Å²) in [6, 6.07) is 0. The molecular weight excluding hydrogens is 392 g/mol. The average molecular weight is 443 g/mol. The van der Waals surface area contributed by atoms with Crippen LogP contribution >= 0.6 is 0 Å². The third kappa shape index (κ3) is 14.3. The van der Waals surface area contributed by atoms with Crippen LogP contribution in [0.5, 0.6) is 0 Å². The zero-order valence-electron chi connectivity index (χ0n) is 20.1. The summed E-state index contributed by atoms with van der Waals surface area (Å²) < 4.78 is 11.0. The van der Waals surface area contributed by atoms with E-state index in [0.29, 0.717) is 6.61 Å². The first-order valence-corrected chi connectivity index (χ1v) is 13.0. The Labute approximate surface area is 191 Å². The van der Waals surface area contributed by atoms with E-state index in [9.17, 15) is 15.3 Å². The van der Waals surface area contributed by atoms with Gasteiger partial charge in [-0.15, -0.1) is 0 Å². The van der Waals surface area contributed by atoms with E-state index in [4.69, 9.17) is 9.47 Å². The van der Waals surface area contributed by atoms with Crippen LogP contribution in [0.2, 0.25) is 0 Å². The van der Waals surface area contributed by atoms with Crippen molar-refractivity contribution < 1.29 is 24.8 Å². The fourth-order valence-corrected chi connectivity index (χ4v) is 4.27. The van der Waals surface area contributed by atoms with Crippen LogP contribution in [0.1, 0.15) is 110 Å². The Balaban J connectivity index is 1.79. The highest BCUT2D eigenvalue weighted by atomic mass is 16.6. The molecule has 1 saturated heterocycles. The van der Waals surface area contributed by atoms with Gasteiger partial charge in [0.15, 0.2) is 0 Å². The highest BCUT2D eigenvalue weighted by Crippen LogP contribution is 2.20. The third-order valence-electron chi connectivity index (χ3n) is 6.32. The van der Waals surface area contributed by atoms with E-state index in [-0.39, 0.29) is 13.2 Å². The van der Waals surface area contributed by atoms with Gasteiger partial charge in [0, 0.05) is 6.61 Å². The molecule has 1 aliphatic heterocycles. The van der Waals surface area contributed by atoms with Gasteiger partial charge in [-0.2, -0.15) is 0 Å². The van der Waals surface area contributed by atoms with Crippen molar-refractivity contribution in [3.05, 3.63) is 12.2 Å². The summed E-state index contributed by atoms with van der Waals surface area (Å²) in [6.07, 6.45) is 22.4. The lowest BCUT2D eigenvalue weighted by Gasteiger charge is -2.24. The molecule has 4 atom stereocenters.